The number of alkyl halides is 3. The van der Waals surface area contributed by atoms with Crippen LogP contribution < -0.4 is 10.6 Å². The van der Waals surface area contributed by atoms with Crippen LogP contribution in [0.15, 0.2) is 24.3 Å². The van der Waals surface area contributed by atoms with Crippen LogP contribution >= 0.6 is 0 Å². The molecule has 1 heterocycles. The van der Waals surface area contributed by atoms with Crippen LogP contribution in [0.25, 0.3) is 0 Å². The SMILES string of the molecule is O=C(O)C(F)(F)F.O=C1CC[C@H](NC(=O)c2ccccc2F)C(=O)N1. The number of carbonyl (C=O) groups excluding carboxylic acids is 3. The fourth-order valence-corrected chi connectivity index (χ4v) is 1.71. The summed E-state index contributed by atoms with van der Waals surface area (Å²) < 4.78 is 45.1. The van der Waals surface area contributed by atoms with Crippen LogP contribution in [0.3, 0.4) is 0 Å². The van der Waals surface area contributed by atoms with Gasteiger partial charge in [-0.25, -0.2) is 9.18 Å². The third-order valence-electron chi connectivity index (χ3n) is 2.91. The normalized spacial score (nSPS) is 17.0. The minimum Gasteiger partial charge on any atom is -0.475 e. The van der Waals surface area contributed by atoms with Crippen molar-refractivity contribution < 1.29 is 41.8 Å². The van der Waals surface area contributed by atoms with Gasteiger partial charge in [-0.1, -0.05) is 12.1 Å². The second kappa shape index (κ2) is 8.22. The largest absolute Gasteiger partial charge is 0.490 e. The molecule has 1 saturated heterocycles. The first-order chi connectivity index (χ1) is 11.5. The molecule has 1 aliphatic rings. The molecule has 0 spiro atoms. The Kier molecular flexibility index (Phi) is 6.60. The summed E-state index contributed by atoms with van der Waals surface area (Å²) in [6, 6.07) is 4.70. The lowest BCUT2D eigenvalue weighted by Gasteiger charge is -2.21. The molecular formula is C14H12F4N2O5. The van der Waals surface area contributed by atoms with E-state index in [1.165, 1.54) is 24.3 Å². The van der Waals surface area contributed by atoms with E-state index in [1.54, 1.807) is 0 Å². The van der Waals surface area contributed by atoms with E-state index in [2.05, 4.69) is 10.6 Å². The Bertz CT molecular complexity index is 690. The number of rotatable bonds is 2. The lowest BCUT2D eigenvalue weighted by atomic mass is 10.1. The number of imide groups is 1. The number of carbonyl (C=O) groups is 4. The standard InChI is InChI=1S/C12H11FN2O3.C2HF3O2/c13-8-4-2-1-3-7(8)11(17)14-9-5-6-10(16)15-12(9)18;3-2(4,5)1(6)7/h1-4,9H,5-6H2,(H,14,17)(H,15,16,18);(H,6,7)/t9-;/m0./s1. The molecule has 11 heteroatoms. The molecule has 7 nitrogen and oxygen atoms in total. The molecule has 1 fully saturated rings. The van der Waals surface area contributed by atoms with E-state index in [0.29, 0.717) is 0 Å². The molecule has 3 amide bonds. The van der Waals surface area contributed by atoms with Crippen molar-refractivity contribution >= 4 is 23.7 Å². The number of nitrogens with one attached hydrogen (secondary N) is 2. The molecule has 136 valence electrons. The maximum atomic E-state index is 13.3. The summed E-state index contributed by atoms with van der Waals surface area (Å²) in [5, 5.41) is 11.6. The second-order valence-corrected chi connectivity index (χ2v) is 4.76. The van der Waals surface area contributed by atoms with E-state index >= 15 is 0 Å². The van der Waals surface area contributed by atoms with E-state index in [1.807, 2.05) is 0 Å². The van der Waals surface area contributed by atoms with Crippen molar-refractivity contribution in [2.45, 2.75) is 25.1 Å². The Labute approximate surface area is 138 Å². The molecule has 3 N–H and O–H groups in total. The highest BCUT2D eigenvalue weighted by atomic mass is 19.4. The Morgan fingerprint density at radius 1 is 1.20 bits per heavy atom. The second-order valence-electron chi connectivity index (χ2n) is 4.76. The quantitative estimate of drug-likeness (QED) is 0.535. The van der Waals surface area contributed by atoms with Crippen LogP contribution in [0.1, 0.15) is 23.2 Å². The molecule has 2 rings (SSSR count). The summed E-state index contributed by atoms with van der Waals surface area (Å²) in [6.45, 7) is 0. The van der Waals surface area contributed by atoms with E-state index < -0.39 is 35.8 Å². The summed E-state index contributed by atoms with van der Waals surface area (Å²) in [5.74, 6) is -5.00. The fourth-order valence-electron chi connectivity index (χ4n) is 1.71. The highest BCUT2D eigenvalue weighted by Gasteiger charge is 2.38. The molecule has 1 aliphatic heterocycles. The smallest absolute Gasteiger partial charge is 0.475 e. The van der Waals surface area contributed by atoms with Crippen LogP contribution in [0.5, 0.6) is 0 Å². The minimum atomic E-state index is -5.08. The van der Waals surface area contributed by atoms with Crippen LogP contribution in [0.4, 0.5) is 17.6 Å². The van der Waals surface area contributed by atoms with Crippen molar-refractivity contribution in [3.05, 3.63) is 35.6 Å². The fraction of sp³-hybridized carbons (Fsp3) is 0.286. The zero-order valence-corrected chi connectivity index (χ0v) is 12.4. The number of aliphatic carboxylic acids is 1. The number of hydrogen-bond acceptors (Lipinski definition) is 4. The highest BCUT2D eigenvalue weighted by Crippen LogP contribution is 2.13. The van der Waals surface area contributed by atoms with Gasteiger partial charge in [0.15, 0.2) is 0 Å². The molecule has 1 aromatic rings. The highest BCUT2D eigenvalue weighted by molar-refractivity contribution is 6.03. The number of hydrogen-bond donors (Lipinski definition) is 3. The first kappa shape index (κ1) is 20.1. The minimum absolute atomic E-state index is 0.123. The van der Waals surface area contributed by atoms with Crippen molar-refractivity contribution in [1.29, 1.82) is 0 Å². The van der Waals surface area contributed by atoms with Gasteiger partial charge in [0.25, 0.3) is 5.91 Å². The van der Waals surface area contributed by atoms with Crippen molar-refractivity contribution in [2.75, 3.05) is 0 Å². The molecule has 0 bridgehead atoms. The average molecular weight is 364 g/mol. The van der Waals surface area contributed by atoms with Gasteiger partial charge in [-0.3, -0.25) is 19.7 Å². The summed E-state index contributed by atoms with van der Waals surface area (Å²) in [6.07, 6.45) is -4.70. The van der Waals surface area contributed by atoms with Crippen molar-refractivity contribution in [2.24, 2.45) is 0 Å². The number of carboxylic acids is 1. The van der Waals surface area contributed by atoms with Crippen LogP contribution in [0.2, 0.25) is 0 Å². The van der Waals surface area contributed by atoms with Crippen molar-refractivity contribution in [3.8, 4) is 0 Å². The van der Waals surface area contributed by atoms with Gasteiger partial charge >= 0.3 is 12.1 Å². The molecule has 0 aromatic heterocycles. The predicted octanol–water partition coefficient (Wildman–Crippen LogP) is 0.994. The monoisotopic (exact) mass is 364 g/mol. The molecule has 0 unspecified atom stereocenters. The zero-order chi connectivity index (χ0) is 19.2. The summed E-state index contributed by atoms with van der Waals surface area (Å²) in [5.41, 5.74) is -0.123. The molecule has 1 aromatic carbocycles. The van der Waals surface area contributed by atoms with Gasteiger partial charge in [0, 0.05) is 6.42 Å². The first-order valence-electron chi connectivity index (χ1n) is 6.71. The third kappa shape index (κ3) is 6.20. The molecule has 0 saturated carbocycles. The first-order valence-corrected chi connectivity index (χ1v) is 6.71. The Balaban J connectivity index is 0.000000381. The molecule has 25 heavy (non-hydrogen) atoms. The van der Waals surface area contributed by atoms with Gasteiger partial charge in [0.1, 0.15) is 11.9 Å². The number of carboxylic acid groups (broad SMARTS) is 1. The van der Waals surface area contributed by atoms with Gasteiger partial charge in [-0.05, 0) is 18.6 Å². The van der Waals surface area contributed by atoms with E-state index in [9.17, 15) is 31.9 Å². The van der Waals surface area contributed by atoms with Gasteiger partial charge in [0.2, 0.25) is 11.8 Å². The molecular weight excluding hydrogens is 352 g/mol. The maximum absolute atomic E-state index is 13.3. The number of halogens is 4. The number of piperidine rings is 1. The lowest BCUT2D eigenvalue weighted by molar-refractivity contribution is -0.192. The summed E-state index contributed by atoms with van der Waals surface area (Å²) >= 11 is 0. The van der Waals surface area contributed by atoms with Crippen molar-refractivity contribution in [1.82, 2.24) is 10.6 Å². The van der Waals surface area contributed by atoms with Gasteiger partial charge < -0.3 is 10.4 Å². The number of amides is 3. The van der Waals surface area contributed by atoms with E-state index in [0.717, 1.165) is 0 Å². The summed E-state index contributed by atoms with van der Waals surface area (Å²) in [4.78, 5) is 43.0. The topological polar surface area (TPSA) is 113 Å². The molecule has 0 radical (unpaired) electrons. The van der Waals surface area contributed by atoms with Crippen LogP contribution in [-0.4, -0.2) is 41.0 Å². The van der Waals surface area contributed by atoms with E-state index in [-0.39, 0.29) is 24.3 Å². The predicted molar refractivity (Wildman–Crippen MR) is 73.7 cm³/mol. The van der Waals surface area contributed by atoms with Crippen molar-refractivity contribution in [3.63, 3.8) is 0 Å². The van der Waals surface area contributed by atoms with Crippen LogP contribution in [0, 0.1) is 5.82 Å². The maximum Gasteiger partial charge on any atom is 0.490 e. The Morgan fingerprint density at radius 3 is 2.24 bits per heavy atom. The molecule has 1 atom stereocenters. The summed E-state index contributed by atoms with van der Waals surface area (Å²) in [7, 11) is 0. The van der Waals surface area contributed by atoms with Crippen LogP contribution in [-0.2, 0) is 14.4 Å². The molecule has 0 aliphatic carbocycles. The lowest BCUT2D eigenvalue weighted by Crippen LogP contribution is -2.52. The Morgan fingerprint density at radius 2 is 1.76 bits per heavy atom. The average Bonchev–Trinajstić information content (AvgIpc) is 2.50. The van der Waals surface area contributed by atoms with E-state index in [4.69, 9.17) is 9.90 Å². The zero-order valence-electron chi connectivity index (χ0n) is 12.4. The van der Waals surface area contributed by atoms with Gasteiger partial charge in [-0.15, -0.1) is 0 Å². The Hall–Kier alpha value is -2.98. The van der Waals surface area contributed by atoms with Gasteiger partial charge in [0.05, 0.1) is 5.56 Å². The third-order valence-corrected chi connectivity index (χ3v) is 2.91. The number of benzene rings is 1. The van der Waals surface area contributed by atoms with Gasteiger partial charge in [-0.2, -0.15) is 13.2 Å².